The van der Waals surface area contributed by atoms with Gasteiger partial charge in [0.25, 0.3) is 0 Å². The molecular formula is C19H20Cl2N2O3S. The van der Waals surface area contributed by atoms with Crippen molar-refractivity contribution in [3.05, 3.63) is 58.1 Å². The molecule has 1 amide bonds. The van der Waals surface area contributed by atoms with Crippen molar-refractivity contribution < 1.29 is 13.2 Å². The molecule has 2 aromatic carbocycles. The van der Waals surface area contributed by atoms with E-state index < -0.39 is 16.1 Å². The predicted molar refractivity (Wildman–Crippen MR) is 108 cm³/mol. The van der Waals surface area contributed by atoms with Gasteiger partial charge < -0.3 is 5.32 Å². The van der Waals surface area contributed by atoms with Gasteiger partial charge in [-0.05, 0) is 61.7 Å². The molecule has 1 atom stereocenters. The number of piperidine rings is 1. The van der Waals surface area contributed by atoms with Crippen LogP contribution in [0.4, 0.5) is 5.69 Å². The molecule has 0 bridgehead atoms. The normalized spacial score (nSPS) is 18.3. The van der Waals surface area contributed by atoms with Gasteiger partial charge in [-0.1, -0.05) is 35.7 Å². The molecule has 1 N–H and O–H groups in total. The highest BCUT2D eigenvalue weighted by molar-refractivity contribution is 7.89. The number of anilines is 1. The lowest BCUT2D eigenvalue weighted by molar-refractivity contribution is -0.120. The minimum Gasteiger partial charge on any atom is -0.323 e. The Bertz CT molecular complexity index is 946. The summed E-state index contributed by atoms with van der Waals surface area (Å²) in [5, 5.41) is 3.65. The van der Waals surface area contributed by atoms with Crippen molar-refractivity contribution in [1.29, 1.82) is 0 Å². The van der Waals surface area contributed by atoms with Crippen molar-refractivity contribution in [3.8, 4) is 0 Å². The maximum Gasteiger partial charge on any atom is 0.243 e. The zero-order valence-corrected chi connectivity index (χ0v) is 17.1. The summed E-state index contributed by atoms with van der Waals surface area (Å²) >= 11 is 12.0. The van der Waals surface area contributed by atoms with E-state index in [1.807, 2.05) is 13.0 Å². The summed E-state index contributed by atoms with van der Waals surface area (Å²) in [5.41, 5.74) is 1.45. The van der Waals surface area contributed by atoms with Crippen LogP contribution in [0.1, 0.15) is 24.8 Å². The third kappa shape index (κ3) is 4.46. The molecule has 1 fully saturated rings. The number of sulfonamides is 1. The van der Waals surface area contributed by atoms with Crippen LogP contribution in [0.2, 0.25) is 10.0 Å². The fraction of sp³-hybridized carbons (Fsp3) is 0.316. The van der Waals surface area contributed by atoms with Gasteiger partial charge in [0, 0.05) is 11.6 Å². The van der Waals surface area contributed by atoms with Crippen molar-refractivity contribution >= 4 is 44.8 Å². The van der Waals surface area contributed by atoms with Crippen LogP contribution in [0.15, 0.2) is 47.4 Å². The summed E-state index contributed by atoms with van der Waals surface area (Å²) in [6, 6.07) is 10.5. The van der Waals surface area contributed by atoms with E-state index in [-0.39, 0.29) is 10.8 Å². The van der Waals surface area contributed by atoms with Crippen LogP contribution in [-0.4, -0.2) is 31.2 Å². The van der Waals surface area contributed by atoms with Gasteiger partial charge in [-0.3, -0.25) is 4.79 Å². The Labute approximate surface area is 169 Å². The van der Waals surface area contributed by atoms with Gasteiger partial charge in [-0.2, -0.15) is 4.31 Å². The molecule has 1 aliphatic heterocycles. The zero-order valence-electron chi connectivity index (χ0n) is 14.8. The first kappa shape index (κ1) is 20.1. The predicted octanol–water partition coefficient (Wildman–Crippen LogP) is 4.48. The first-order valence-electron chi connectivity index (χ1n) is 8.63. The zero-order chi connectivity index (χ0) is 19.6. The lowest BCUT2D eigenvalue weighted by atomic mass is 10.0. The standard InChI is InChI=1S/C19H20Cl2N2O3S/c1-13-5-10-17(16(21)12-13)22-19(24)18-4-2-3-11-23(18)27(25,26)15-8-6-14(20)7-9-15/h5-10,12,18H,2-4,11H2,1H3,(H,22,24)/t18-/m0/s1. The third-order valence-corrected chi connectivity index (χ3v) is 7.05. The molecule has 0 saturated carbocycles. The Hall–Kier alpha value is -1.60. The highest BCUT2D eigenvalue weighted by Crippen LogP contribution is 2.28. The average molecular weight is 427 g/mol. The number of hydrogen-bond acceptors (Lipinski definition) is 3. The Morgan fingerprint density at radius 1 is 1.11 bits per heavy atom. The van der Waals surface area contributed by atoms with E-state index in [2.05, 4.69) is 5.32 Å². The van der Waals surface area contributed by atoms with E-state index in [0.717, 1.165) is 12.0 Å². The molecule has 2 aromatic rings. The van der Waals surface area contributed by atoms with Crippen molar-refractivity contribution in [3.63, 3.8) is 0 Å². The summed E-state index contributed by atoms with van der Waals surface area (Å²) in [4.78, 5) is 13.0. The SMILES string of the molecule is Cc1ccc(NC(=O)[C@@H]2CCCCN2S(=O)(=O)c2ccc(Cl)cc2)c(Cl)c1. The lowest BCUT2D eigenvalue weighted by Crippen LogP contribution is -2.49. The maximum atomic E-state index is 13.1. The van der Waals surface area contributed by atoms with Crippen LogP contribution in [0, 0.1) is 6.92 Å². The van der Waals surface area contributed by atoms with Crippen LogP contribution in [0.25, 0.3) is 0 Å². The molecule has 5 nitrogen and oxygen atoms in total. The summed E-state index contributed by atoms with van der Waals surface area (Å²) < 4.78 is 27.4. The number of aryl methyl sites for hydroxylation is 1. The molecule has 0 aliphatic carbocycles. The van der Waals surface area contributed by atoms with E-state index in [9.17, 15) is 13.2 Å². The minimum absolute atomic E-state index is 0.125. The van der Waals surface area contributed by atoms with Crippen molar-refractivity contribution in [1.82, 2.24) is 4.31 Å². The summed E-state index contributed by atoms with van der Waals surface area (Å²) in [6.07, 6.45) is 1.95. The van der Waals surface area contributed by atoms with E-state index >= 15 is 0 Å². The van der Waals surface area contributed by atoms with Gasteiger partial charge in [-0.25, -0.2) is 8.42 Å². The Kier molecular flexibility index (Phi) is 6.11. The van der Waals surface area contributed by atoms with Gasteiger partial charge in [0.15, 0.2) is 0 Å². The van der Waals surface area contributed by atoms with Crippen LogP contribution < -0.4 is 5.32 Å². The van der Waals surface area contributed by atoms with E-state index in [1.165, 1.54) is 28.6 Å². The Morgan fingerprint density at radius 2 is 1.81 bits per heavy atom. The summed E-state index contributed by atoms with van der Waals surface area (Å²) in [6.45, 7) is 2.20. The van der Waals surface area contributed by atoms with Gasteiger partial charge in [-0.15, -0.1) is 0 Å². The molecule has 1 heterocycles. The third-order valence-electron chi connectivity index (χ3n) is 4.56. The molecule has 27 heavy (non-hydrogen) atoms. The summed E-state index contributed by atoms with van der Waals surface area (Å²) in [7, 11) is -3.80. The van der Waals surface area contributed by atoms with Crippen molar-refractivity contribution in [2.24, 2.45) is 0 Å². The second-order valence-electron chi connectivity index (χ2n) is 6.55. The van der Waals surface area contributed by atoms with Gasteiger partial charge >= 0.3 is 0 Å². The maximum absolute atomic E-state index is 13.1. The average Bonchev–Trinajstić information content (AvgIpc) is 2.64. The molecule has 0 spiro atoms. The molecule has 0 radical (unpaired) electrons. The molecule has 3 rings (SSSR count). The summed E-state index contributed by atoms with van der Waals surface area (Å²) in [5.74, 6) is -0.377. The monoisotopic (exact) mass is 426 g/mol. The van der Waals surface area contributed by atoms with Gasteiger partial charge in [0.1, 0.15) is 6.04 Å². The number of rotatable bonds is 4. The van der Waals surface area contributed by atoms with E-state index in [1.54, 1.807) is 12.1 Å². The number of amides is 1. The second-order valence-corrected chi connectivity index (χ2v) is 9.29. The van der Waals surface area contributed by atoms with Crippen LogP contribution >= 0.6 is 23.2 Å². The largest absolute Gasteiger partial charge is 0.323 e. The first-order chi connectivity index (χ1) is 12.8. The molecule has 144 valence electrons. The number of nitrogens with one attached hydrogen (secondary N) is 1. The minimum atomic E-state index is -3.80. The van der Waals surface area contributed by atoms with Gasteiger partial charge in [0.2, 0.25) is 15.9 Å². The molecule has 1 aliphatic rings. The smallest absolute Gasteiger partial charge is 0.243 e. The number of benzene rings is 2. The van der Waals surface area contributed by atoms with Crippen LogP contribution in [-0.2, 0) is 14.8 Å². The Balaban J connectivity index is 1.86. The lowest BCUT2D eigenvalue weighted by Gasteiger charge is -2.33. The molecule has 0 unspecified atom stereocenters. The number of carbonyl (C=O) groups excluding carboxylic acids is 1. The second kappa shape index (κ2) is 8.19. The number of nitrogens with zero attached hydrogens (tertiary/aromatic N) is 1. The fourth-order valence-corrected chi connectivity index (χ4v) is 5.20. The highest BCUT2D eigenvalue weighted by atomic mass is 35.5. The van der Waals surface area contributed by atoms with Crippen LogP contribution in [0.5, 0.6) is 0 Å². The number of halogens is 2. The van der Waals surface area contributed by atoms with Crippen molar-refractivity contribution in [2.75, 3.05) is 11.9 Å². The first-order valence-corrected chi connectivity index (χ1v) is 10.8. The van der Waals surface area contributed by atoms with Gasteiger partial charge in [0.05, 0.1) is 15.6 Å². The molecule has 0 aromatic heterocycles. The highest BCUT2D eigenvalue weighted by Gasteiger charge is 2.37. The topological polar surface area (TPSA) is 66.5 Å². The van der Waals surface area contributed by atoms with Crippen molar-refractivity contribution in [2.45, 2.75) is 37.1 Å². The van der Waals surface area contributed by atoms with E-state index in [0.29, 0.717) is 35.1 Å². The fourth-order valence-electron chi connectivity index (χ4n) is 3.13. The Morgan fingerprint density at radius 3 is 2.48 bits per heavy atom. The molecule has 1 saturated heterocycles. The molecular weight excluding hydrogens is 407 g/mol. The number of hydrogen-bond donors (Lipinski definition) is 1. The van der Waals surface area contributed by atoms with Crippen LogP contribution in [0.3, 0.4) is 0 Å². The quantitative estimate of drug-likeness (QED) is 0.782. The molecule has 8 heteroatoms. The van der Waals surface area contributed by atoms with E-state index in [4.69, 9.17) is 23.2 Å². The number of carbonyl (C=O) groups is 1.